The first kappa shape index (κ1) is 16.4. The van der Waals surface area contributed by atoms with Crippen molar-refractivity contribution in [3.05, 3.63) is 48.3 Å². The second-order valence-corrected chi connectivity index (χ2v) is 5.32. The van der Waals surface area contributed by atoms with Gasteiger partial charge >= 0.3 is 0 Å². The summed E-state index contributed by atoms with van der Waals surface area (Å²) in [6.07, 6.45) is 3.08. The van der Waals surface area contributed by atoms with Gasteiger partial charge in [-0.3, -0.25) is 14.6 Å². The highest BCUT2D eigenvalue weighted by Gasteiger charge is 2.14. The number of hydrogen-bond acceptors (Lipinski definition) is 6. The molecule has 0 radical (unpaired) electrons. The number of aromatic nitrogens is 1. The Labute approximate surface area is 143 Å². The molecular formula is C17H16N4O4. The number of ether oxygens (including phenoxy) is 2. The summed E-state index contributed by atoms with van der Waals surface area (Å²) < 4.78 is 10.5. The van der Waals surface area contributed by atoms with Crippen LogP contribution in [-0.2, 0) is 4.79 Å². The number of pyridine rings is 1. The highest BCUT2D eigenvalue weighted by Crippen LogP contribution is 2.34. The largest absolute Gasteiger partial charge is 0.454 e. The van der Waals surface area contributed by atoms with E-state index in [1.165, 1.54) is 12.4 Å². The molecule has 1 aliphatic rings. The van der Waals surface area contributed by atoms with Crippen LogP contribution in [0, 0.1) is 0 Å². The Morgan fingerprint density at radius 2 is 1.92 bits per heavy atom. The van der Waals surface area contributed by atoms with Gasteiger partial charge in [-0.15, -0.1) is 0 Å². The number of amides is 2. The molecule has 1 aromatic carbocycles. The molecule has 0 aliphatic carbocycles. The molecule has 0 unspecified atom stereocenters. The molecule has 3 rings (SSSR count). The Bertz CT molecular complexity index is 821. The first-order valence-electron chi connectivity index (χ1n) is 7.55. The van der Waals surface area contributed by atoms with Gasteiger partial charge in [0, 0.05) is 35.4 Å². The number of nitrogens with one attached hydrogen (secondary N) is 2. The summed E-state index contributed by atoms with van der Waals surface area (Å²) >= 11 is 0. The van der Waals surface area contributed by atoms with E-state index in [2.05, 4.69) is 20.8 Å². The van der Waals surface area contributed by atoms with Gasteiger partial charge in [0.1, 0.15) is 0 Å². The number of rotatable bonds is 5. The summed E-state index contributed by atoms with van der Waals surface area (Å²) in [5.41, 5.74) is 3.92. The fraction of sp³-hybridized carbons (Fsp3) is 0.176. The van der Waals surface area contributed by atoms with Gasteiger partial charge < -0.3 is 14.8 Å². The summed E-state index contributed by atoms with van der Waals surface area (Å²) in [6, 6.07) is 8.30. The standard InChI is InChI=1S/C17H16N4O4/c1-11(20-21-17(23)12-4-6-18-7-5-12)8-16(22)19-13-2-3-14-15(9-13)25-10-24-14/h2-7,9H,8,10H2,1H3,(H,19,22)(H,21,23). The quantitative estimate of drug-likeness (QED) is 0.640. The smallest absolute Gasteiger partial charge is 0.271 e. The molecule has 2 aromatic rings. The summed E-state index contributed by atoms with van der Waals surface area (Å²) in [6.45, 7) is 1.84. The number of nitrogens with zero attached hydrogens (tertiary/aromatic N) is 2. The van der Waals surface area contributed by atoms with Crippen molar-refractivity contribution in [2.45, 2.75) is 13.3 Å². The van der Waals surface area contributed by atoms with E-state index in [1.54, 1.807) is 37.3 Å². The van der Waals surface area contributed by atoms with E-state index in [0.29, 0.717) is 28.5 Å². The maximum atomic E-state index is 12.1. The molecule has 0 bridgehead atoms. The number of fused-ring (bicyclic) bond motifs is 1. The molecule has 8 nitrogen and oxygen atoms in total. The van der Waals surface area contributed by atoms with Crippen LogP contribution >= 0.6 is 0 Å². The maximum Gasteiger partial charge on any atom is 0.271 e. The predicted molar refractivity (Wildman–Crippen MR) is 90.6 cm³/mol. The minimum absolute atomic E-state index is 0.0467. The lowest BCUT2D eigenvalue weighted by atomic mass is 10.2. The zero-order valence-electron chi connectivity index (χ0n) is 13.5. The summed E-state index contributed by atoms with van der Waals surface area (Å²) in [7, 11) is 0. The number of hydrogen-bond donors (Lipinski definition) is 2. The lowest BCUT2D eigenvalue weighted by Gasteiger charge is -2.06. The highest BCUT2D eigenvalue weighted by atomic mass is 16.7. The van der Waals surface area contributed by atoms with Crippen LogP contribution in [0.4, 0.5) is 5.69 Å². The van der Waals surface area contributed by atoms with Gasteiger partial charge in [-0.25, -0.2) is 5.43 Å². The fourth-order valence-corrected chi connectivity index (χ4v) is 2.17. The van der Waals surface area contributed by atoms with E-state index in [-0.39, 0.29) is 25.0 Å². The van der Waals surface area contributed by atoms with Crippen molar-refractivity contribution in [3.63, 3.8) is 0 Å². The van der Waals surface area contributed by atoms with Crippen molar-refractivity contribution < 1.29 is 19.1 Å². The van der Waals surface area contributed by atoms with Crippen molar-refractivity contribution in [1.82, 2.24) is 10.4 Å². The Hall–Kier alpha value is -3.42. The number of benzene rings is 1. The number of carbonyl (C=O) groups is 2. The molecule has 2 amide bonds. The molecule has 1 aromatic heterocycles. The van der Waals surface area contributed by atoms with Crippen LogP contribution in [0.5, 0.6) is 11.5 Å². The van der Waals surface area contributed by atoms with Gasteiger partial charge in [0.25, 0.3) is 5.91 Å². The van der Waals surface area contributed by atoms with Gasteiger partial charge in [-0.2, -0.15) is 5.10 Å². The van der Waals surface area contributed by atoms with E-state index in [9.17, 15) is 9.59 Å². The third kappa shape index (κ3) is 4.31. The van der Waals surface area contributed by atoms with Crippen molar-refractivity contribution in [2.75, 3.05) is 12.1 Å². The van der Waals surface area contributed by atoms with Gasteiger partial charge in [-0.1, -0.05) is 0 Å². The van der Waals surface area contributed by atoms with Crippen LogP contribution < -0.4 is 20.2 Å². The van der Waals surface area contributed by atoms with Crippen molar-refractivity contribution in [3.8, 4) is 11.5 Å². The first-order valence-corrected chi connectivity index (χ1v) is 7.55. The monoisotopic (exact) mass is 340 g/mol. The summed E-state index contributed by atoms with van der Waals surface area (Å²) in [4.78, 5) is 27.8. The third-order valence-corrected chi connectivity index (χ3v) is 3.36. The zero-order chi connectivity index (χ0) is 17.6. The second-order valence-electron chi connectivity index (χ2n) is 5.32. The molecule has 0 atom stereocenters. The van der Waals surface area contributed by atoms with Crippen molar-refractivity contribution in [1.29, 1.82) is 0 Å². The normalized spacial score (nSPS) is 12.6. The molecule has 25 heavy (non-hydrogen) atoms. The minimum Gasteiger partial charge on any atom is -0.454 e. The first-order chi connectivity index (χ1) is 12.1. The average molecular weight is 340 g/mol. The van der Waals surface area contributed by atoms with Crippen molar-refractivity contribution >= 4 is 23.2 Å². The number of hydrazone groups is 1. The topological polar surface area (TPSA) is 102 Å². The molecule has 2 heterocycles. The lowest BCUT2D eigenvalue weighted by molar-refractivity contribution is -0.115. The average Bonchev–Trinajstić information content (AvgIpc) is 3.08. The SMILES string of the molecule is CC(CC(=O)Nc1ccc2c(c1)OCO2)=NNC(=O)c1ccncc1. The summed E-state index contributed by atoms with van der Waals surface area (Å²) in [5.74, 6) is 0.624. The fourth-order valence-electron chi connectivity index (χ4n) is 2.17. The molecule has 1 aliphatic heterocycles. The molecule has 8 heteroatoms. The van der Waals surface area contributed by atoms with Gasteiger partial charge in [-0.05, 0) is 31.2 Å². The van der Waals surface area contributed by atoms with Crippen LogP contribution in [0.2, 0.25) is 0 Å². The molecule has 0 saturated carbocycles. The van der Waals surface area contributed by atoms with Crippen LogP contribution in [0.3, 0.4) is 0 Å². The predicted octanol–water partition coefficient (Wildman–Crippen LogP) is 1.94. The Morgan fingerprint density at radius 3 is 2.72 bits per heavy atom. The lowest BCUT2D eigenvalue weighted by Crippen LogP contribution is -2.21. The maximum absolute atomic E-state index is 12.1. The van der Waals surface area contributed by atoms with Gasteiger partial charge in [0.05, 0.1) is 6.42 Å². The number of anilines is 1. The Balaban J connectivity index is 1.52. The Kier molecular flexibility index (Phi) is 4.89. The molecule has 128 valence electrons. The summed E-state index contributed by atoms with van der Waals surface area (Å²) in [5, 5.41) is 6.68. The van der Waals surface area contributed by atoms with Crippen LogP contribution in [0.15, 0.2) is 47.8 Å². The van der Waals surface area contributed by atoms with E-state index in [4.69, 9.17) is 9.47 Å². The van der Waals surface area contributed by atoms with Crippen LogP contribution in [0.25, 0.3) is 0 Å². The minimum atomic E-state index is -0.363. The van der Waals surface area contributed by atoms with E-state index >= 15 is 0 Å². The van der Waals surface area contributed by atoms with E-state index in [1.807, 2.05) is 0 Å². The second kappa shape index (κ2) is 7.43. The zero-order valence-corrected chi connectivity index (χ0v) is 13.5. The molecule has 2 N–H and O–H groups in total. The van der Waals surface area contributed by atoms with Crippen molar-refractivity contribution in [2.24, 2.45) is 5.10 Å². The van der Waals surface area contributed by atoms with Crippen LogP contribution in [-0.4, -0.2) is 29.3 Å². The van der Waals surface area contributed by atoms with E-state index in [0.717, 1.165) is 0 Å². The molecular weight excluding hydrogens is 324 g/mol. The van der Waals surface area contributed by atoms with Gasteiger partial charge in [0.2, 0.25) is 12.7 Å². The number of carbonyl (C=O) groups excluding carboxylic acids is 2. The molecule has 0 saturated heterocycles. The third-order valence-electron chi connectivity index (χ3n) is 3.36. The Morgan fingerprint density at radius 1 is 1.16 bits per heavy atom. The van der Waals surface area contributed by atoms with Crippen LogP contribution in [0.1, 0.15) is 23.7 Å². The molecule has 0 fully saturated rings. The van der Waals surface area contributed by atoms with Gasteiger partial charge in [0.15, 0.2) is 11.5 Å². The van der Waals surface area contributed by atoms with E-state index < -0.39 is 0 Å². The highest BCUT2D eigenvalue weighted by molar-refractivity contribution is 6.06. The molecule has 0 spiro atoms.